The first kappa shape index (κ1) is 14.1. The molecule has 22 heavy (non-hydrogen) atoms. The molecule has 3 aromatic rings. The molecule has 0 aliphatic heterocycles. The summed E-state index contributed by atoms with van der Waals surface area (Å²) in [7, 11) is 0. The minimum absolute atomic E-state index is 0.120. The van der Waals surface area contributed by atoms with Gasteiger partial charge in [-0.1, -0.05) is 0 Å². The van der Waals surface area contributed by atoms with Crippen molar-refractivity contribution in [2.45, 2.75) is 6.92 Å². The Balaban J connectivity index is 2.27. The predicted molar refractivity (Wildman–Crippen MR) is 80.6 cm³/mol. The highest BCUT2D eigenvalue weighted by Gasteiger charge is 2.13. The van der Waals surface area contributed by atoms with Crippen LogP contribution >= 0.6 is 0 Å². The lowest BCUT2D eigenvalue weighted by Crippen LogP contribution is -2.06. The molecule has 0 radical (unpaired) electrons. The summed E-state index contributed by atoms with van der Waals surface area (Å²) >= 11 is 0. The van der Waals surface area contributed by atoms with E-state index in [1.165, 1.54) is 24.5 Å². The molecule has 0 saturated heterocycles. The molecule has 0 aliphatic rings. The number of aromatic amines is 1. The molecule has 2 aromatic carbocycles. The summed E-state index contributed by atoms with van der Waals surface area (Å²) in [5.74, 6) is -0.191. The number of ether oxygens (including phenoxy) is 1. The summed E-state index contributed by atoms with van der Waals surface area (Å²) in [4.78, 5) is 18.3. The SMILES string of the molecule is CCOc1cc(F)ccc1-c1cc(O)c2nc[nH]c(=O)c2c1. The van der Waals surface area contributed by atoms with Crippen molar-refractivity contribution in [2.24, 2.45) is 0 Å². The van der Waals surface area contributed by atoms with E-state index in [2.05, 4.69) is 9.97 Å². The summed E-state index contributed by atoms with van der Waals surface area (Å²) < 4.78 is 18.8. The van der Waals surface area contributed by atoms with Gasteiger partial charge in [0.2, 0.25) is 0 Å². The van der Waals surface area contributed by atoms with Crippen LogP contribution in [0.2, 0.25) is 0 Å². The summed E-state index contributed by atoms with van der Waals surface area (Å²) in [5, 5.41) is 10.3. The van der Waals surface area contributed by atoms with E-state index in [1.807, 2.05) is 0 Å². The lowest BCUT2D eigenvalue weighted by molar-refractivity contribution is 0.339. The van der Waals surface area contributed by atoms with Crippen molar-refractivity contribution < 1.29 is 14.2 Å². The maximum absolute atomic E-state index is 13.4. The van der Waals surface area contributed by atoms with E-state index in [9.17, 15) is 14.3 Å². The molecule has 0 fully saturated rings. The van der Waals surface area contributed by atoms with E-state index in [4.69, 9.17) is 4.74 Å². The summed E-state index contributed by atoms with van der Waals surface area (Å²) in [5.41, 5.74) is 0.991. The van der Waals surface area contributed by atoms with Crippen LogP contribution in [0.15, 0.2) is 41.5 Å². The van der Waals surface area contributed by atoms with Gasteiger partial charge in [-0.25, -0.2) is 9.37 Å². The topological polar surface area (TPSA) is 75.2 Å². The van der Waals surface area contributed by atoms with Crippen molar-refractivity contribution in [2.75, 3.05) is 6.61 Å². The molecule has 0 amide bonds. The van der Waals surface area contributed by atoms with Crippen molar-refractivity contribution >= 4 is 10.9 Å². The number of aromatic nitrogens is 2. The van der Waals surface area contributed by atoms with Gasteiger partial charge in [0.05, 0.1) is 18.3 Å². The van der Waals surface area contributed by atoms with Crippen molar-refractivity contribution in [3.8, 4) is 22.6 Å². The quantitative estimate of drug-likeness (QED) is 0.780. The number of phenolic OH excluding ortho intramolecular Hbond substituents is 1. The molecular weight excluding hydrogens is 287 g/mol. The molecule has 2 N–H and O–H groups in total. The number of benzene rings is 2. The Bertz CT molecular complexity index is 906. The number of nitrogens with one attached hydrogen (secondary N) is 1. The normalized spacial score (nSPS) is 10.8. The van der Waals surface area contributed by atoms with Crippen LogP contribution in [0.25, 0.3) is 22.0 Å². The molecular formula is C16H13FN2O3. The van der Waals surface area contributed by atoms with Gasteiger partial charge in [0.25, 0.3) is 5.56 Å². The van der Waals surface area contributed by atoms with Crippen LogP contribution < -0.4 is 10.3 Å². The Morgan fingerprint density at radius 3 is 2.91 bits per heavy atom. The minimum atomic E-state index is -0.420. The fourth-order valence-corrected chi connectivity index (χ4v) is 2.33. The molecule has 1 heterocycles. The van der Waals surface area contributed by atoms with E-state index in [-0.39, 0.29) is 22.2 Å². The molecule has 5 nitrogen and oxygen atoms in total. The number of rotatable bonds is 3. The molecule has 112 valence electrons. The number of halogens is 1. The van der Waals surface area contributed by atoms with Gasteiger partial charge in [-0.05, 0) is 36.8 Å². The third-order valence-electron chi connectivity index (χ3n) is 3.28. The maximum atomic E-state index is 13.4. The lowest BCUT2D eigenvalue weighted by atomic mass is 10.0. The van der Waals surface area contributed by atoms with Gasteiger partial charge in [-0.3, -0.25) is 4.79 Å². The standard InChI is InChI=1S/C16H13FN2O3/c1-2-22-14-7-10(17)3-4-11(14)9-5-12-15(13(20)6-9)18-8-19-16(12)21/h3-8,20H,2H2,1H3,(H,18,19,21). The maximum Gasteiger partial charge on any atom is 0.258 e. The number of H-pyrrole nitrogens is 1. The molecule has 3 rings (SSSR count). The molecule has 0 bridgehead atoms. The van der Waals surface area contributed by atoms with E-state index < -0.39 is 5.82 Å². The first-order valence-corrected chi connectivity index (χ1v) is 6.73. The zero-order chi connectivity index (χ0) is 15.7. The largest absolute Gasteiger partial charge is 0.506 e. The van der Waals surface area contributed by atoms with E-state index >= 15 is 0 Å². The van der Waals surface area contributed by atoms with E-state index in [0.717, 1.165) is 0 Å². The van der Waals surface area contributed by atoms with Gasteiger partial charge < -0.3 is 14.8 Å². The van der Waals surface area contributed by atoms with Crippen LogP contribution in [0, 0.1) is 5.82 Å². The highest BCUT2D eigenvalue weighted by Crippen LogP contribution is 2.35. The minimum Gasteiger partial charge on any atom is -0.506 e. The zero-order valence-electron chi connectivity index (χ0n) is 11.8. The number of nitrogens with zero attached hydrogens (tertiary/aromatic N) is 1. The molecule has 0 unspecified atom stereocenters. The second-order valence-corrected chi connectivity index (χ2v) is 4.70. The van der Waals surface area contributed by atoms with Crippen LogP contribution in [-0.2, 0) is 0 Å². The Morgan fingerprint density at radius 1 is 1.32 bits per heavy atom. The monoisotopic (exact) mass is 300 g/mol. The van der Waals surface area contributed by atoms with E-state index in [1.54, 1.807) is 19.1 Å². The van der Waals surface area contributed by atoms with Crippen LogP contribution in [0.4, 0.5) is 4.39 Å². The second-order valence-electron chi connectivity index (χ2n) is 4.70. The predicted octanol–water partition coefficient (Wildman–Crippen LogP) is 2.83. The van der Waals surface area contributed by atoms with Gasteiger partial charge in [-0.15, -0.1) is 0 Å². The summed E-state index contributed by atoms with van der Waals surface area (Å²) in [6.07, 6.45) is 1.23. The molecule has 6 heteroatoms. The van der Waals surface area contributed by atoms with Gasteiger partial charge >= 0.3 is 0 Å². The number of hydrogen-bond acceptors (Lipinski definition) is 4. The van der Waals surface area contributed by atoms with Crippen molar-refractivity contribution in [1.82, 2.24) is 9.97 Å². The second kappa shape index (κ2) is 5.48. The van der Waals surface area contributed by atoms with Gasteiger partial charge in [0.1, 0.15) is 22.8 Å². The molecule has 0 saturated carbocycles. The lowest BCUT2D eigenvalue weighted by Gasteiger charge is -2.11. The van der Waals surface area contributed by atoms with E-state index in [0.29, 0.717) is 23.5 Å². The van der Waals surface area contributed by atoms with Crippen LogP contribution in [0.5, 0.6) is 11.5 Å². The highest BCUT2D eigenvalue weighted by molar-refractivity contribution is 5.89. The first-order valence-electron chi connectivity index (χ1n) is 6.73. The Labute approximate surface area is 125 Å². The summed E-state index contributed by atoms with van der Waals surface area (Å²) in [6, 6.07) is 7.19. The first-order chi connectivity index (χ1) is 10.6. The van der Waals surface area contributed by atoms with Crippen LogP contribution in [-0.4, -0.2) is 21.7 Å². The Kier molecular flexibility index (Phi) is 3.50. The number of fused-ring (bicyclic) bond motifs is 1. The summed E-state index contributed by atoms with van der Waals surface area (Å²) in [6.45, 7) is 2.17. The van der Waals surface area contributed by atoms with Crippen LogP contribution in [0.3, 0.4) is 0 Å². The zero-order valence-corrected chi connectivity index (χ0v) is 11.8. The van der Waals surface area contributed by atoms with Crippen molar-refractivity contribution in [3.63, 3.8) is 0 Å². The molecule has 0 atom stereocenters. The van der Waals surface area contributed by atoms with Crippen molar-refractivity contribution in [3.05, 3.63) is 52.8 Å². The average molecular weight is 300 g/mol. The third kappa shape index (κ3) is 2.39. The van der Waals surface area contributed by atoms with Crippen LogP contribution in [0.1, 0.15) is 6.92 Å². The smallest absolute Gasteiger partial charge is 0.258 e. The number of aromatic hydroxyl groups is 1. The van der Waals surface area contributed by atoms with Gasteiger partial charge in [0, 0.05) is 11.6 Å². The molecule has 0 aliphatic carbocycles. The van der Waals surface area contributed by atoms with Gasteiger partial charge in [-0.2, -0.15) is 0 Å². The number of phenols is 1. The van der Waals surface area contributed by atoms with Crippen molar-refractivity contribution in [1.29, 1.82) is 0 Å². The number of hydrogen-bond donors (Lipinski definition) is 2. The average Bonchev–Trinajstić information content (AvgIpc) is 2.49. The highest BCUT2D eigenvalue weighted by atomic mass is 19.1. The fraction of sp³-hybridized carbons (Fsp3) is 0.125. The molecule has 0 spiro atoms. The Morgan fingerprint density at radius 2 is 2.14 bits per heavy atom. The fourth-order valence-electron chi connectivity index (χ4n) is 2.33. The Hall–Kier alpha value is -2.89. The molecule has 1 aromatic heterocycles. The third-order valence-corrected chi connectivity index (χ3v) is 3.28. The van der Waals surface area contributed by atoms with Gasteiger partial charge in [0.15, 0.2) is 0 Å².